The van der Waals surface area contributed by atoms with E-state index < -0.39 is 17.7 Å². The van der Waals surface area contributed by atoms with E-state index in [2.05, 4.69) is 15.1 Å². The Morgan fingerprint density at radius 1 is 1.11 bits per heavy atom. The predicted molar refractivity (Wildman–Crippen MR) is 94.8 cm³/mol. The quantitative estimate of drug-likeness (QED) is 0.421. The van der Waals surface area contributed by atoms with Crippen LogP contribution in [0.2, 0.25) is 5.15 Å². The highest BCUT2D eigenvalue weighted by molar-refractivity contribution is 6.29. The summed E-state index contributed by atoms with van der Waals surface area (Å²) < 4.78 is 55.5. The zero-order chi connectivity index (χ0) is 19.6. The highest BCUT2D eigenvalue weighted by Gasteiger charge is 2.43. The minimum absolute atomic E-state index is 0.0689. The lowest BCUT2D eigenvalue weighted by molar-refractivity contribution is -0.136. The van der Waals surface area contributed by atoms with Crippen LogP contribution >= 0.6 is 11.6 Å². The average Bonchev–Trinajstić information content (AvgIpc) is 3.37. The highest BCUT2D eigenvalue weighted by atomic mass is 35.5. The third kappa shape index (κ3) is 2.71. The number of imidazole rings is 1. The van der Waals surface area contributed by atoms with Gasteiger partial charge >= 0.3 is 6.18 Å². The topological polar surface area (TPSA) is 43.1 Å². The summed E-state index contributed by atoms with van der Waals surface area (Å²) in [6.45, 7) is 0. The van der Waals surface area contributed by atoms with Crippen LogP contribution in [-0.4, -0.2) is 19.6 Å². The molecule has 0 radical (unpaired) electrons. The van der Waals surface area contributed by atoms with E-state index in [1.165, 1.54) is 6.20 Å². The Kier molecular flexibility index (Phi) is 3.64. The van der Waals surface area contributed by atoms with Gasteiger partial charge in [-0.2, -0.15) is 27.2 Å². The molecule has 5 rings (SSSR count). The highest BCUT2D eigenvalue weighted by Crippen LogP contribution is 2.56. The Bertz CT molecular complexity index is 1230. The molecule has 1 aliphatic carbocycles. The van der Waals surface area contributed by atoms with Crippen molar-refractivity contribution in [2.45, 2.75) is 24.4 Å². The largest absolute Gasteiger partial charge is 0.418 e. The standard InChI is InChI=1S/C19H11ClF4N4/c20-15-7-13(18-26-8-16(21)28(18)27-15)12-6-11(12)10-4-9-2-1-3-25-17(9)14(5-10)19(22,23)24/h1-5,7-8,11-12H,6H2/t11-,12+/m1/s1. The lowest BCUT2D eigenvalue weighted by Gasteiger charge is -2.12. The third-order valence-corrected chi connectivity index (χ3v) is 5.26. The van der Waals surface area contributed by atoms with Gasteiger partial charge in [-0.3, -0.25) is 4.98 Å². The van der Waals surface area contributed by atoms with Crippen LogP contribution in [0.25, 0.3) is 16.6 Å². The number of hydrogen-bond acceptors (Lipinski definition) is 3. The molecule has 0 amide bonds. The van der Waals surface area contributed by atoms with Gasteiger partial charge in [-0.15, -0.1) is 0 Å². The molecule has 3 aromatic heterocycles. The fraction of sp³-hybridized carbons (Fsp3) is 0.211. The van der Waals surface area contributed by atoms with Gasteiger partial charge in [0.1, 0.15) is 0 Å². The molecule has 142 valence electrons. The molecule has 1 saturated carbocycles. The van der Waals surface area contributed by atoms with Gasteiger partial charge in [0.2, 0.25) is 5.95 Å². The van der Waals surface area contributed by atoms with Gasteiger partial charge in [0.25, 0.3) is 0 Å². The van der Waals surface area contributed by atoms with Crippen molar-refractivity contribution < 1.29 is 17.6 Å². The maximum Gasteiger partial charge on any atom is 0.418 e. The molecule has 0 bridgehead atoms. The summed E-state index contributed by atoms with van der Waals surface area (Å²) in [4.78, 5) is 7.93. The van der Waals surface area contributed by atoms with E-state index in [4.69, 9.17) is 11.6 Å². The van der Waals surface area contributed by atoms with Crippen molar-refractivity contribution in [1.29, 1.82) is 0 Å². The second kappa shape index (κ2) is 5.88. The molecule has 9 heteroatoms. The van der Waals surface area contributed by atoms with E-state index >= 15 is 0 Å². The Labute approximate surface area is 160 Å². The van der Waals surface area contributed by atoms with E-state index in [-0.39, 0.29) is 22.5 Å². The molecular weight excluding hydrogens is 396 g/mol. The monoisotopic (exact) mass is 406 g/mol. The summed E-state index contributed by atoms with van der Waals surface area (Å²) in [6, 6.07) is 7.71. The number of pyridine rings is 1. The SMILES string of the molecule is Fc1cnc2c([C@H]3C[C@@H]3c3cc(C(F)(F)F)c4ncccc4c3)cc(Cl)nn12. The first-order valence-electron chi connectivity index (χ1n) is 8.48. The summed E-state index contributed by atoms with van der Waals surface area (Å²) in [6.07, 6.45) is -1.50. The molecule has 2 atom stereocenters. The van der Waals surface area contributed by atoms with Gasteiger partial charge in [0, 0.05) is 17.1 Å². The fourth-order valence-corrected chi connectivity index (χ4v) is 3.95. The van der Waals surface area contributed by atoms with Crippen molar-refractivity contribution in [3.8, 4) is 0 Å². The molecule has 3 heterocycles. The molecular formula is C19H11ClF4N4. The van der Waals surface area contributed by atoms with Crippen LogP contribution in [0.4, 0.5) is 17.6 Å². The molecule has 28 heavy (non-hydrogen) atoms. The van der Waals surface area contributed by atoms with Crippen molar-refractivity contribution in [3.05, 3.63) is 70.5 Å². The summed E-state index contributed by atoms with van der Waals surface area (Å²) in [5, 5.41) is 4.41. The number of halogens is 5. The zero-order valence-corrected chi connectivity index (χ0v) is 14.8. The molecule has 1 fully saturated rings. The van der Waals surface area contributed by atoms with E-state index in [9.17, 15) is 17.6 Å². The molecule has 0 spiro atoms. The van der Waals surface area contributed by atoms with Gasteiger partial charge in [-0.1, -0.05) is 17.7 Å². The van der Waals surface area contributed by atoms with Gasteiger partial charge in [0.15, 0.2) is 10.8 Å². The lowest BCUT2D eigenvalue weighted by Crippen LogP contribution is -2.07. The molecule has 0 aliphatic heterocycles. The number of aromatic nitrogens is 4. The third-order valence-electron chi connectivity index (χ3n) is 5.08. The molecule has 4 aromatic rings. The van der Waals surface area contributed by atoms with E-state index in [1.54, 1.807) is 24.3 Å². The minimum Gasteiger partial charge on any atom is -0.256 e. The van der Waals surface area contributed by atoms with Gasteiger partial charge in [-0.05, 0) is 48.1 Å². The van der Waals surface area contributed by atoms with Crippen LogP contribution in [-0.2, 0) is 6.18 Å². The van der Waals surface area contributed by atoms with E-state index in [0.717, 1.165) is 16.8 Å². The second-order valence-corrected chi connectivity index (χ2v) is 7.22. The summed E-state index contributed by atoms with van der Waals surface area (Å²) in [5.41, 5.74) is 0.745. The number of fused-ring (bicyclic) bond motifs is 2. The number of alkyl halides is 3. The Balaban J connectivity index is 1.61. The van der Waals surface area contributed by atoms with Gasteiger partial charge in [0.05, 0.1) is 17.3 Å². The predicted octanol–water partition coefficient (Wildman–Crippen LogP) is 5.36. The molecule has 1 aromatic carbocycles. The Morgan fingerprint density at radius 3 is 2.71 bits per heavy atom. The number of nitrogens with zero attached hydrogens (tertiary/aromatic N) is 4. The summed E-state index contributed by atoms with van der Waals surface area (Å²) in [7, 11) is 0. The summed E-state index contributed by atoms with van der Waals surface area (Å²) >= 11 is 6.00. The van der Waals surface area contributed by atoms with Crippen LogP contribution in [0, 0.1) is 5.95 Å². The molecule has 1 aliphatic rings. The van der Waals surface area contributed by atoms with Crippen molar-refractivity contribution in [1.82, 2.24) is 19.6 Å². The number of rotatable bonds is 2. The average molecular weight is 407 g/mol. The van der Waals surface area contributed by atoms with E-state index in [0.29, 0.717) is 28.6 Å². The van der Waals surface area contributed by atoms with Crippen LogP contribution < -0.4 is 0 Å². The summed E-state index contributed by atoms with van der Waals surface area (Å²) in [5.74, 6) is -0.903. The van der Waals surface area contributed by atoms with Crippen LogP contribution in [0.5, 0.6) is 0 Å². The van der Waals surface area contributed by atoms with Crippen molar-refractivity contribution in [3.63, 3.8) is 0 Å². The molecule has 4 nitrogen and oxygen atoms in total. The van der Waals surface area contributed by atoms with Crippen molar-refractivity contribution in [2.24, 2.45) is 0 Å². The van der Waals surface area contributed by atoms with Crippen LogP contribution in [0.1, 0.15) is 34.9 Å². The Morgan fingerprint density at radius 2 is 1.93 bits per heavy atom. The maximum atomic E-state index is 13.8. The normalized spacial score (nSPS) is 19.5. The molecule has 0 N–H and O–H groups in total. The first-order valence-corrected chi connectivity index (χ1v) is 8.86. The number of hydrogen-bond donors (Lipinski definition) is 0. The van der Waals surface area contributed by atoms with Gasteiger partial charge < -0.3 is 0 Å². The fourth-order valence-electron chi connectivity index (χ4n) is 3.76. The first kappa shape index (κ1) is 17.4. The maximum absolute atomic E-state index is 13.8. The number of benzene rings is 1. The van der Waals surface area contributed by atoms with Crippen molar-refractivity contribution >= 4 is 28.2 Å². The van der Waals surface area contributed by atoms with Crippen molar-refractivity contribution in [2.75, 3.05) is 0 Å². The van der Waals surface area contributed by atoms with Crippen LogP contribution in [0.3, 0.4) is 0 Å². The smallest absolute Gasteiger partial charge is 0.256 e. The Hall–Kier alpha value is -2.74. The van der Waals surface area contributed by atoms with E-state index in [1.807, 2.05) is 0 Å². The first-order chi connectivity index (χ1) is 13.3. The zero-order valence-electron chi connectivity index (χ0n) is 14.1. The van der Waals surface area contributed by atoms with Crippen LogP contribution in [0.15, 0.2) is 42.7 Å². The van der Waals surface area contributed by atoms with Gasteiger partial charge in [-0.25, -0.2) is 4.98 Å². The minimum atomic E-state index is -4.51. The second-order valence-electron chi connectivity index (χ2n) is 6.83. The lowest BCUT2D eigenvalue weighted by atomic mass is 9.99. The molecule has 0 saturated heterocycles. The molecule has 0 unspecified atom stereocenters.